The fourth-order valence-electron chi connectivity index (χ4n) is 3.57. The number of nitrogens with one attached hydrogen (secondary N) is 2. The first-order chi connectivity index (χ1) is 15.1. The van der Waals surface area contributed by atoms with Crippen LogP contribution in [0, 0.1) is 5.41 Å². The van der Waals surface area contributed by atoms with Crippen molar-refractivity contribution in [2.24, 2.45) is 17.1 Å². The molecule has 31 heavy (non-hydrogen) atoms. The molecule has 0 radical (unpaired) electrons. The number of carbonyl (C=O) groups is 1. The number of hydrazone groups is 1. The van der Waals surface area contributed by atoms with Gasteiger partial charge in [0.2, 0.25) is 5.91 Å². The van der Waals surface area contributed by atoms with E-state index in [1.165, 1.54) is 10.6 Å². The van der Waals surface area contributed by atoms with Crippen LogP contribution in [0.15, 0.2) is 46.3 Å². The normalized spacial score (nSPS) is 16.0. The molecule has 0 unspecified atom stereocenters. The molecule has 2 aliphatic heterocycles. The SMILES string of the molecule is CN/C=C\C(=N)CN1N=Cc2c(n(C)c3nc(CCC4=CN=CC=CC4)sc23)CC1=O. The van der Waals surface area contributed by atoms with Crippen molar-refractivity contribution in [2.45, 2.75) is 25.7 Å². The summed E-state index contributed by atoms with van der Waals surface area (Å²) in [6.45, 7) is 0.143. The van der Waals surface area contributed by atoms with Crippen molar-refractivity contribution in [2.75, 3.05) is 13.6 Å². The van der Waals surface area contributed by atoms with Gasteiger partial charge in [-0.1, -0.05) is 6.08 Å². The summed E-state index contributed by atoms with van der Waals surface area (Å²) >= 11 is 1.66. The molecule has 0 spiro atoms. The first kappa shape index (κ1) is 20.9. The van der Waals surface area contributed by atoms with Crippen LogP contribution in [0.4, 0.5) is 0 Å². The molecular weight excluding hydrogens is 410 g/mol. The minimum atomic E-state index is -0.125. The van der Waals surface area contributed by atoms with Crippen LogP contribution in [-0.4, -0.2) is 52.2 Å². The lowest BCUT2D eigenvalue weighted by Crippen LogP contribution is -2.31. The third-order valence-electron chi connectivity index (χ3n) is 5.24. The molecule has 160 valence electrons. The van der Waals surface area contributed by atoms with E-state index < -0.39 is 0 Å². The van der Waals surface area contributed by atoms with Gasteiger partial charge >= 0.3 is 0 Å². The highest BCUT2D eigenvalue weighted by molar-refractivity contribution is 7.19. The molecule has 1 amide bonds. The van der Waals surface area contributed by atoms with Crippen LogP contribution in [0.25, 0.3) is 10.3 Å². The fraction of sp³-hybridized carbons (Fsp3) is 0.318. The molecule has 0 aromatic carbocycles. The zero-order valence-corrected chi connectivity index (χ0v) is 18.4. The zero-order chi connectivity index (χ0) is 21.8. The van der Waals surface area contributed by atoms with Crippen LogP contribution in [0.1, 0.15) is 29.1 Å². The van der Waals surface area contributed by atoms with Crippen molar-refractivity contribution in [3.63, 3.8) is 0 Å². The van der Waals surface area contributed by atoms with Crippen molar-refractivity contribution in [3.05, 3.63) is 52.5 Å². The quantitative estimate of drug-likeness (QED) is 0.654. The predicted molar refractivity (Wildman–Crippen MR) is 126 cm³/mol. The van der Waals surface area contributed by atoms with Crippen LogP contribution in [0.3, 0.4) is 0 Å². The Kier molecular flexibility index (Phi) is 6.22. The maximum Gasteiger partial charge on any atom is 0.248 e. The number of hydrogen-bond donors (Lipinski definition) is 2. The summed E-state index contributed by atoms with van der Waals surface area (Å²) in [5.74, 6) is -0.125. The molecule has 0 atom stereocenters. The van der Waals surface area contributed by atoms with E-state index in [2.05, 4.69) is 21.5 Å². The number of fused-ring (bicyclic) bond motifs is 3. The van der Waals surface area contributed by atoms with Gasteiger partial charge in [-0.2, -0.15) is 5.10 Å². The smallest absolute Gasteiger partial charge is 0.248 e. The number of hydrogen-bond acceptors (Lipinski definition) is 7. The minimum Gasteiger partial charge on any atom is -0.394 e. The summed E-state index contributed by atoms with van der Waals surface area (Å²) in [6.07, 6.45) is 15.8. The number of aryl methyl sites for hydroxylation is 2. The lowest BCUT2D eigenvalue weighted by Gasteiger charge is -2.15. The third-order valence-corrected chi connectivity index (χ3v) is 6.38. The first-order valence-electron chi connectivity index (χ1n) is 10.2. The second-order valence-corrected chi connectivity index (χ2v) is 8.50. The van der Waals surface area contributed by atoms with Crippen LogP contribution in [-0.2, 0) is 24.7 Å². The highest BCUT2D eigenvalue weighted by Gasteiger charge is 2.25. The van der Waals surface area contributed by atoms with Gasteiger partial charge in [0.25, 0.3) is 0 Å². The number of aromatic nitrogens is 2. The Hall–Kier alpha value is -3.33. The van der Waals surface area contributed by atoms with Crippen molar-refractivity contribution >= 4 is 45.7 Å². The predicted octanol–water partition coefficient (Wildman–Crippen LogP) is 2.95. The number of rotatable bonds is 7. The summed E-state index contributed by atoms with van der Waals surface area (Å²) in [5.41, 5.74) is 4.37. The number of aliphatic imine (C=N–C) groups is 1. The average Bonchev–Trinajstić information content (AvgIpc) is 3.05. The molecule has 4 rings (SSSR count). The summed E-state index contributed by atoms with van der Waals surface area (Å²) in [6, 6.07) is 0. The van der Waals surface area contributed by atoms with Gasteiger partial charge in [0.1, 0.15) is 0 Å². The van der Waals surface area contributed by atoms with Crippen molar-refractivity contribution in [3.8, 4) is 0 Å². The minimum absolute atomic E-state index is 0.125. The van der Waals surface area contributed by atoms with Crippen molar-refractivity contribution in [1.82, 2.24) is 19.9 Å². The second kappa shape index (κ2) is 9.22. The van der Waals surface area contributed by atoms with E-state index in [0.29, 0.717) is 5.71 Å². The maximum absolute atomic E-state index is 12.7. The first-order valence-corrected chi connectivity index (χ1v) is 11.0. The molecule has 2 aromatic rings. The molecule has 0 saturated heterocycles. The largest absolute Gasteiger partial charge is 0.394 e. The lowest BCUT2D eigenvalue weighted by atomic mass is 10.1. The van der Waals surface area contributed by atoms with E-state index in [4.69, 9.17) is 10.4 Å². The highest BCUT2D eigenvalue weighted by Crippen LogP contribution is 2.32. The van der Waals surface area contributed by atoms with Gasteiger partial charge in [-0.25, -0.2) is 9.99 Å². The molecule has 2 aromatic heterocycles. The molecule has 0 aliphatic carbocycles. The van der Waals surface area contributed by atoms with Crippen molar-refractivity contribution < 1.29 is 4.79 Å². The molecule has 0 fully saturated rings. The second-order valence-electron chi connectivity index (χ2n) is 7.42. The van der Waals surface area contributed by atoms with Crippen LogP contribution in [0.2, 0.25) is 0 Å². The number of nitrogens with zero attached hydrogens (tertiary/aromatic N) is 5. The Balaban J connectivity index is 1.54. The van der Waals surface area contributed by atoms with Gasteiger partial charge in [0, 0.05) is 44.2 Å². The Bertz CT molecular complexity index is 1160. The lowest BCUT2D eigenvalue weighted by molar-refractivity contribution is -0.129. The summed E-state index contributed by atoms with van der Waals surface area (Å²) < 4.78 is 3.06. The van der Waals surface area contributed by atoms with Gasteiger partial charge in [-0.3, -0.25) is 9.79 Å². The number of amides is 1. The van der Waals surface area contributed by atoms with Gasteiger partial charge in [-0.15, -0.1) is 11.3 Å². The van der Waals surface area contributed by atoms with Gasteiger partial charge in [0.15, 0.2) is 5.65 Å². The Morgan fingerprint density at radius 2 is 2.26 bits per heavy atom. The van der Waals surface area contributed by atoms with Gasteiger partial charge in [-0.05, 0) is 36.8 Å². The average molecular weight is 436 g/mol. The Morgan fingerprint density at radius 1 is 1.39 bits per heavy atom. The Labute approximate surface area is 184 Å². The number of allylic oxidation sites excluding steroid dienone is 3. The monoisotopic (exact) mass is 435 g/mol. The summed E-state index contributed by atoms with van der Waals surface area (Å²) in [4.78, 5) is 21.8. The third kappa shape index (κ3) is 4.56. The zero-order valence-electron chi connectivity index (χ0n) is 17.6. The molecule has 0 saturated carbocycles. The van der Waals surface area contributed by atoms with E-state index in [9.17, 15) is 4.79 Å². The standard InChI is InChI=1S/C22H25N7OS/c1-24-10-8-16(23)14-29-20(30)11-18-17(13-26-29)21-22(28(18)2)27-19(31-21)7-6-15-5-3-4-9-25-12-15/h3-4,8-10,12-13,23-24H,5-7,11,14H2,1-2H3/b10-8-,23-16?. The highest BCUT2D eigenvalue weighted by atomic mass is 32.1. The molecule has 9 heteroatoms. The summed E-state index contributed by atoms with van der Waals surface area (Å²) in [7, 11) is 3.72. The number of thiazole rings is 1. The fourth-order valence-corrected chi connectivity index (χ4v) is 4.70. The molecular formula is C22H25N7OS. The van der Waals surface area contributed by atoms with Gasteiger partial charge < -0.3 is 15.3 Å². The van der Waals surface area contributed by atoms with Crippen LogP contribution in [0.5, 0.6) is 0 Å². The summed E-state index contributed by atoms with van der Waals surface area (Å²) in [5, 5.41) is 17.7. The molecule has 2 N–H and O–H groups in total. The molecule has 4 heterocycles. The number of carbonyl (C=O) groups excluding carboxylic acids is 1. The van der Waals surface area contributed by atoms with E-state index in [1.807, 2.05) is 30.1 Å². The van der Waals surface area contributed by atoms with Crippen LogP contribution < -0.4 is 5.32 Å². The van der Waals surface area contributed by atoms with Crippen LogP contribution >= 0.6 is 11.3 Å². The van der Waals surface area contributed by atoms with E-state index in [0.717, 1.165) is 45.9 Å². The van der Waals surface area contributed by atoms with E-state index >= 15 is 0 Å². The molecule has 2 aliphatic rings. The molecule has 0 bridgehead atoms. The van der Waals surface area contributed by atoms with E-state index in [1.54, 1.807) is 36.9 Å². The Morgan fingerprint density at radius 3 is 3.10 bits per heavy atom. The van der Waals surface area contributed by atoms with Crippen molar-refractivity contribution in [1.29, 1.82) is 5.41 Å². The topological polar surface area (TPSA) is 98.7 Å². The van der Waals surface area contributed by atoms with E-state index in [-0.39, 0.29) is 18.9 Å². The molecule has 8 nitrogen and oxygen atoms in total. The van der Waals surface area contributed by atoms with Gasteiger partial charge in [0.05, 0.1) is 34.6 Å². The maximum atomic E-state index is 12.7.